The number of carbonyl (C=O) groups excluding carboxylic acids is 1. The first kappa shape index (κ1) is 17.9. The molecule has 9 heteroatoms. The number of hydrogen-bond acceptors (Lipinski definition) is 4. The van der Waals surface area contributed by atoms with Gasteiger partial charge in [-0.1, -0.05) is 28.4 Å². The highest BCUT2D eigenvalue weighted by molar-refractivity contribution is 6.31. The second kappa shape index (κ2) is 6.90. The smallest absolute Gasteiger partial charge is 0.232 e. The van der Waals surface area contributed by atoms with Gasteiger partial charge in [0, 0.05) is 24.2 Å². The predicted molar refractivity (Wildman–Crippen MR) is 95.8 cm³/mol. The lowest BCUT2D eigenvalue weighted by Gasteiger charge is -2.16. The summed E-state index contributed by atoms with van der Waals surface area (Å²) in [6, 6.07) is 8.28. The van der Waals surface area contributed by atoms with Crippen molar-refractivity contribution >= 4 is 34.8 Å². The third-order valence-corrected chi connectivity index (χ3v) is 4.90. The SMILES string of the molecule is O=C1CC(c2nc(-c3ccc(Cl)c(F)c3)no2)CN1c1ccc(F)c(Cl)c1. The molecule has 1 unspecified atom stereocenters. The molecule has 0 saturated carbocycles. The van der Waals surface area contributed by atoms with E-state index in [2.05, 4.69) is 10.1 Å². The fraction of sp³-hybridized carbons (Fsp3) is 0.167. The van der Waals surface area contributed by atoms with Crippen LogP contribution in [-0.4, -0.2) is 22.6 Å². The Balaban J connectivity index is 1.56. The second-order valence-corrected chi connectivity index (χ2v) is 6.90. The van der Waals surface area contributed by atoms with E-state index < -0.39 is 11.6 Å². The number of amides is 1. The monoisotopic (exact) mass is 409 g/mol. The fourth-order valence-electron chi connectivity index (χ4n) is 2.93. The van der Waals surface area contributed by atoms with Crippen LogP contribution in [0.15, 0.2) is 40.9 Å². The lowest BCUT2D eigenvalue weighted by atomic mass is 10.1. The van der Waals surface area contributed by atoms with Crippen molar-refractivity contribution in [3.8, 4) is 11.4 Å². The Labute approximate surface area is 162 Å². The van der Waals surface area contributed by atoms with Crippen LogP contribution >= 0.6 is 23.2 Å². The quantitative estimate of drug-likeness (QED) is 0.620. The van der Waals surface area contributed by atoms with Crippen LogP contribution in [0.2, 0.25) is 10.0 Å². The summed E-state index contributed by atoms with van der Waals surface area (Å²) >= 11 is 11.5. The number of rotatable bonds is 3. The van der Waals surface area contributed by atoms with E-state index in [0.717, 1.165) is 0 Å². The molecule has 0 aliphatic carbocycles. The summed E-state index contributed by atoms with van der Waals surface area (Å²) in [6.07, 6.45) is 0.158. The molecule has 1 fully saturated rings. The van der Waals surface area contributed by atoms with Crippen LogP contribution in [0.25, 0.3) is 11.4 Å². The molecule has 1 amide bonds. The Kier molecular flexibility index (Phi) is 4.57. The molecule has 1 aliphatic heterocycles. The van der Waals surface area contributed by atoms with Crippen molar-refractivity contribution in [2.24, 2.45) is 0 Å². The van der Waals surface area contributed by atoms with Crippen molar-refractivity contribution in [3.05, 3.63) is 64.0 Å². The zero-order valence-corrected chi connectivity index (χ0v) is 15.1. The van der Waals surface area contributed by atoms with E-state index in [0.29, 0.717) is 11.3 Å². The first-order valence-electron chi connectivity index (χ1n) is 7.97. The van der Waals surface area contributed by atoms with Gasteiger partial charge >= 0.3 is 0 Å². The molecule has 1 atom stereocenters. The second-order valence-electron chi connectivity index (χ2n) is 6.09. The molecule has 0 radical (unpaired) electrons. The molecule has 1 aromatic heterocycles. The Hall–Kier alpha value is -2.51. The lowest BCUT2D eigenvalue weighted by Crippen LogP contribution is -2.24. The molecule has 0 bridgehead atoms. The molecule has 2 aromatic carbocycles. The number of benzene rings is 2. The van der Waals surface area contributed by atoms with Crippen molar-refractivity contribution in [1.29, 1.82) is 0 Å². The highest BCUT2D eigenvalue weighted by Crippen LogP contribution is 2.33. The van der Waals surface area contributed by atoms with Gasteiger partial charge in [0.1, 0.15) is 11.6 Å². The molecule has 138 valence electrons. The summed E-state index contributed by atoms with van der Waals surface area (Å²) in [4.78, 5) is 18.1. The molecule has 5 nitrogen and oxygen atoms in total. The van der Waals surface area contributed by atoms with Gasteiger partial charge in [-0.15, -0.1) is 0 Å². The van der Waals surface area contributed by atoms with Gasteiger partial charge in [0.2, 0.25) is 17.6 Å². The molecular formula is C18H11Cl2F2N3O2. The molecule has 1 saturated heterocycles. The van der Waals surface area contributed by atoms with E-state index in [1.165, 1.54) is 35.2 Å². The third-order valence-electron chi connectivity index (χ3n) is 4.31. The van der Waals surface area contributed by atoms with Gasteiger partial charge in [-0.2, -0.15) is 4.98 Å². The van der Waals surface area contributed by atoms with Crippen LogP contribution in [0.5, 0.6) is 0 Å². The lowest BCUT2D eigenvalue weighted by molar-refractivity contribution is -0.117. The highest BCUT2D eigenvalue weighted by Gasteiger charge is 2.35. The average molecular weight is 410 g/mol. The van der Waals surface area contributed by atoms with Gasteiger partial charge in [-0.05, 0) is 36.4 Å². The van der Waals surface area contributed by atoms with Gasteiger partial charge in [-0.25, -0.2) is 8.78 Å². The first-order chi connectivity index (χ1) is 12.9. The maximum atomic E-state index is 13.6. The minimum atomic E-state index is -0.587. The Morgan fingerprint density at radius 1 is 1.07 bits per heavy atom. The maximum absolute atomic E-state index is 13.6. The van der Waals surface area contributed by atoms with Crippen LogP contribution < -0.4 is 4.90 Å². The van der Waals surface area contributed by atoms with Crippen molar-refractivity contribution < 1.29 is 18.1 Å². The van der Waals surface area contributed by atoms with Crippen molar-refractivity contribution in [2.45, 2.75) is 12.3 Å². The number of aromatic nitrogens is 2. The minimum Gasteiger partial charge on any atom is -0.339 e. The van der Waals surface area contributed by atoms with Crippen LogP contribution in [0.4, 0.5) is 14.5 Å². The van der Waals surface area contributed by atoms with Crippen molar-refractivity contribution in [1.82, 2.24) is 10.1 Å². The van der Waals surface area contributed by atoms with E-state index >= 15 is 0 Å². The number of anilines is 1. The first-order valence-corrected chi connectivity index (χ1v) is 8.72. The van der Waals surface area contributed by atoms with Crippen LogP contribution in [0.1, 0.15) is 18.2 Å². The fourth-order valence-corrected chi connectivity index (χ4v) is 3.22. The molecule has 2 heterocycles. The van der Waals surface area contributed by atoms with E-state index in [9.17, 15) is 13.6 Å². The molecule has 0 N–H and O–H groups in total. The normalized spacial score (nSPS) is 17.0. The molecule has 27 heavy (non-hydrogen) atoms. The summed E-state index contributed by atoms with van der Waals surface area (Å²) in [5, 5.41) is 3.79. The molecule has 0 spiro atoms. The van der Waals surface area contributed by atoms with Crippen LogP contribution in [-0.2, 0) is 4.79 Å². The third kappa shape index (κ3) is 3.40. The molecule has 1 aliphatic rings. The highest BCUT2D eigenvalue weighted by atomic mass is 35.5. The van der Waals surface area contributed by atoms with Crippen molar-refractivity contribution in [3.63, 3.8) is 0 Å². The number of halogens is 4. The average Bonchev–Trinajstić information content (AvgIpc) is 3.27. The number of hydrogen-bond donors (Lipinski definition) is 0. The molecular weight excluding hydrogens is 399 g/mol. The molecule has 4 rings (SSSR count). The molecule has 3 aromatic rings. The topological polar surface area (TPSA) is 59.2 Å². The van der Waals surface area contributed by atoms with Crippen LogP contribution in [0, 0.1) is 11.6 Å². The Bertz CT molecular complexity index is 1040. The summed E-state index contributed by atoms with van der Waals surface area (Å²) in [5.74, 6) is -1.17. The Morgan fingerprint density at radius 3 is 2.63 bits per heavy atom. The summed E-state index contributed by atoms with van der Waals surface area (Å²) in [7, 11) is 0. The predicted octanol–water partition coefficient (Wildman–Crippen LogP) is 4.84. The zero-order chi connectivity index (χ0) is 19.1. The van der Waals surface area contributed by atoms with Gasteiger partial charge < -0.3 is 9.42 Å². The summed E-state index contributed by atoms with van der Waals surface area (Å²) < 4.78 is 32.2. The standard InChI is InChI=1S/C18H11Cl2F2N3O2/c19-12-3-1-9(5-15(12)22)17-23-18(27-24-17)10-6-16(26)25(8-10)11-2-4-14(21)13(20)7-11/h1-5,7,10H,6,8H2. The zero-order valence-electron chi connectivity index (χ0n) is 13.6. The largest absolute Gasteiger partial charge is 0.339 e. The van der Waals surface area contributed by atoms with Crippen molar-refractivity contribution in [2.75, 3.05) is 11.4 Å². The minimum absolute atomic E-state index is 0.00235. The number of carbonyl (C=O) groups is 1. The number of nitrogens with zero attached hydrogens (tertiary/aromatic N) is 3. The van der Waals surface area contributed by atoms with Gasteiger partial charge in [0.25, 0.3) is 0 Å². The van der Waals surface area contributed by atoms with Crippen LogP contribution in [0.3, 0.4) is 0 Å². The summed E-state index contributed by atoms with van der Waals surface area (Å²) in [6.45, 7) is 0.289. The van der Waals surface area contributed by atoms with E-state index in [1.54, 1.807) is 6.07 Å². The summed E-state index contributed by atoms with van der Waals surface area (Å²) in [5.41, 5.74) is 0.909. The van der Waals surface area contributed by atoms with Gasteiger partial charge in [0.15, 0.2) is 0 Å². The van der Waals surface area contributed by atoms with E-state index in [1.807, 2.05) is 0 Å². The van der Waals surface area contributed by atoms with E-state index in [4.69, 9.17) is 27.7 Å². The van der Waals surface area contributed by atoms with Gasteiger partial charge in [-0.3, -0.25) is 4.79 Å². The maximum Gasteiger partial charge on any atom is 0.232 e. The van der Waals surface area contributed by atoms with E-state index in [-0.39, 0.29) is 46.6 Å². The Morgan fingerprint density at radius 2 is 1.89 bits per heavy atom. The van der Waals surface area contributed by atoms with Gasteiger partial charge in [0.05, 0.1) is 16.0 Å².